The van der Waals surface area contributed by atoms with Crippen molar-refractivity contribution in [3.8, 4) is 11.3 Å². The topological polar surface area (TPSA) is 43.8 Å². The summed E-state index contributed by atoms with van der Waals surface area (Å²) < 4.78 is 15.1. The zero-order chi connectivity index (χ0) is 12.7. The van der Waals surface area contributed by atoms with Crippen LogP contribution in [0.25, 0.3) is 11.3 Å². The van der Waals surface area contributed by atoms with Crippen molar-refractivity contribution in [2.45, 2.75) is 25.8 Å². The summed E-state index contributed by atoms with van der Waals surface area (Å²) in [6.45, 7) is 2.15. The van der Waals surface area contributed by atoms with E-state index in [0.717, 1.165) is 5.56 Å². The number of nitrogens with two attached hydrogens (primary N) is 1. The molecule has 94 valence electrons. The van der Waals surface area contributed by atoms with Crippen molar-refractivity contribution < 1.29 is 4.39 Å². The summed E-state index contributed by atoms with van der Waals surface area (Å²) in [4.78, 5) is 0. The molecule has 1 saturated carbocycles. The highest BCUT2D eigenvalue weighted by Gasteiger charge is 2.30. The van der Waals surface area contributed by atoms with E-state index < -0.39 is 0 Å². The van der Waals surface area contributed by atoms with Crippen LogP contribution in [0.4, 0.5) is 10.1 Å². The molecule has 1 aliphatic rings. The Morgan fingerprint density at radius 3 is 2.89 bits per heavy atom. The second-order valence-electron chi connectivity index (χ2n) is 5.00. The van der Waals surface area contributed by atoms with Crippen LogP contribution in [0.1, 0.15) is 25.8 Å². The molecule has 1 heterocycles. The third-order valence-electron chi connectivity index (χ3n) is 3.58. The number of anilines is 1. The van der Waals surface area contributed by atoms with E-state index in [9.17, 15) is 4.39 Å². The van der Waals surface area contributed by atoms with Crippen LogP contribution in [0.2, 0.25) is 0 Å². The Bertz CT molecular complexity index is 572. The van der Waals surface area contributed by atoms with E-state index in [-0.39, 0.29) is 5.82 Å². The first-order valence-corrected chi connectivity index (χ1v) is 6.25. The van der Waals surface area contributed by atoms with Crippen LogP contribution in [-0.2, 0) is 0 Å². The van der Waals surface area contributed by atoms with Gasteiger partial charge in [-0.25, -0.2) is 4.39 Å². The predicted octanol–water partition coefficient (Wildman–Crippen LogP) is 3.24. The van der Waals surface area contributed by atoms with E-state index in [4.69, 9.17) is 5.73 Å². The summed E-state index contributed by atoms with van der Waals surface area (Å²) in [5, 5.41) is 4.51. The lowest BCUT2D eigenvalue weighted by molar-refractivity contribution is 0.441. The SMILES string of the molecule is CC(C1CC1)n1cc(N)c(-c2cccc(F)c2)n1. The monoisotopic (exact) mass is 245 g/mol. The van der Waals surface area contributed by atoms with Gasteiger partial charge in [-0.3, -0.25) is 4.68 Å². The Kier molecular flexibility index (Phi) is 2.58. The highest BCUT2D eigenvalue weighted by Crippen LogP contribution is 2.40. The molecule has 0 bridgehead atoms. The largest absolute Gasteiger partial charge is 0.396 e. The van der Waals surface area contributed by atoms with Crippen LogP contribution < -0.4 is 5.73 Å². The number of rotatable bonds is 3. The first-order chi connectivity index (χ1) is 8.65. The maximum atomic E-state index is 13.2. The summed E-state index contributed by atoms with van der Waals surface area (Å²) >= 11 is 0. The molecule has 18 heavy (non-hydrogen) atoms. The van der Waals surface area contributed by atoms with E-state index >= 15 is 0 Å². The molecule has 1 aliphatic carbocycles. The first-order valence-electron chi connectivity index (χ1n) is 6.25. The predicted molar refractivity (Wildman–Crippen MR) is 69.5 cm³/mol. The lowest BCUT2D eigenvalue weighted by atomic mass is 10.1. The molecular weight excluding hydrogens is 229 g/mol. The molecule has 4 heteroatoms. The van der Waals surface area contributed by atoms with Gasteiger partial charge in [-0.1, -0.05) is 12.1 Å². The molecule has 1 fully saturated rings. The second-order valence-corrected chi connectivity index (χ2v) is 5.00. The summed E-state index contributed by atoms with van der Waals surface area (Å²) in [5.74, 6) is 0.446. The minimum absolute atomic E-state index is 0.267. The maximum Gasteiger partial charge on any atom is 0.123 e. The molecule has 1 atom stereocenters. The maximum absolute atomic E-state index is 13.2. The Hall–Kier alpha value is -1.84. The van der Waals surface area contributed by atoms with Gasteiger partial charge in [0.25, 0.3) is 0 Å². The van der Waals surface area contributed by atoms with Crippen LogP contribution in [0, 0.1) is 11.7 Å². The Morgan fingerprint density at radius 1 is 1.44 bits per heavy atom. The number of aromatic nitrogens is 2. The second kappa shape index (κ2) is 4.12. The molecule has 0 amide bonds. The number of hydrogen-bond donors (Lipinski definition) is 1. The highest BCUT2D eigenvalue weighted by atomic mass is 19.1. The molecular formula is C14H16FN3. The standard InChI is InChI=1S/C14H16FN3/c1-9(10-5-6-10)18-8-13(16)14(17-18)11-3-2-4-12(15)7-11/h2-4,7-10H,5-6,16H2,1H3. The number of nitrogens with zero attached hydrogens (tertiary/aromatic N) is 2. The van der Waals surface area contributed by atoms with Gasteiger partial charge in [0.2, 0.25) is 0 Å². The molecule has 3 nitrogen and oxygen atoms in total. The van der Waals surface area contributed by atoms with Gasteiger partial charge in [0.15, 0.2) is 0 Å². The minimum atomic E-state index is -0.267. The summed E-state index contributed by atoms with van der Waals surface area (Å²) in [6.07, 6.45) is 4.37. The molecule has 1 aromatic heterocycles. The van der Waals surface area contributed by atoms with Gasteiger partial charge in [-0.15, -0.1) is 0 Å². The Labute approximate surface area is 105 Å². The Balaban J connectivity index is 1.97. The van der Waals surface area contributed by atoms with Crippen molar-refractivity contribution in [3.05, 3.63) is 36.3 Å². The first kappa shape index (κ1) is 11.3. The molecule has 0 saturated heterocycles. The van der Waals surface area contributed by atoms with E-state index in [2.05, 4.69) is 12.0 Å². The zero-order valence-corrected chi connectivity index (χ0v) is 10.3. The van der Waals surface area contributed by atoms with Gasteiger partial charge in [-0.05, 0) is 37.8 Å². The van der Waals surface area contributed by atoms with Crippen molar-refractivity contribution >= 4 is 5.69 Å². The van der Waals surface area contributed by atoms with Crippen molar-refractivity contribution in [2.75, 3.05) is 5.73 Å². The molecule has 3 rings (SSSR count). The number of hydrogen-bond acceptors (Lipinski definition) is 2. The van der Waals surface area contributed by atoms with Crippen molar-refractivity contribution in [1.29, 1.82) is 0 Å². The van der Waals surface area contributed by atoms with Crippen molar-refractivity contribution in [1.82, 2.24) is 9.78 Å². The average molecular weight is 245 g/mol. The quantitative estimate of drug-likeness (QED) is 0.902. The number of benzene rings is 1. The normalized spacial score (nSPS) is 16.8. The third kappa shape index (κ3) is 1.98. The van der Waals surface area contributed by atoms with Crippen LogP contribution in [0.3, 0.4) is 0 Å². The molecule has 2 aromatic rings. The smallest absolute Gasteiger partial charge is 0.123 e. The van der Waals surface area contributed by atoms with Crippen LogP contribution >= 0.6 is 0 Å². The molecule has 0 spiro atoms. The molecule has 2 N–H and O–H groups in total. The van der Waals surface area contributed by atoms with Gasteiger partial charge in [-0.2, -0.15) is 5.10 Å². The van der Waals surface area contributed by atoms with Crippen molar-refractivity contribution in [2.24, 2.45) is 5.92 Å². The molecule has 0 radical (unpaired) electrons. The van der Waals surface area contributed by atoms with Gasteiger partial charge >= 0.3 is 0 Å². The van der Waals surface area contributed by atoms with E-state index in [1.807, 2.05) is 16.9 Å². The zero-order valence-electron chi connectivity index (χ0n) is 10.3. The molecule has 0 aliphatic heterocycles. The third-order valence-corrected chi connectivity index (χ3v) is 3.58. The van der Waals surface area contributed by atoms with Gasteiger partial charge < -0.3 is 5.73 Å². The lowest BCUT2D eigenvalue weighted by Crippen LogP contribution is -2.07. The van der Waals surface area contributed by atoms with Crippen molar-refractivity contribution in [3.63, 3.8) is 0 Å². The van der Waals surface area contributed by atoms with Gasteiger partial charge in [0.1, 0.15) is 11.5 Å². The van der Waals surface area contributed by atoms with Crippen LogP contribution in [0.15, 0.2) is 30.5 Å². The molecule has 1 unspecified atom stereocenters. The lowest BCUT2D eigenvalue weighted by Gasteiger charge is -2.09. The van der Waals surface area contributed by atoms with E-state index in [1.54, 1.807) is 6.07 Å². The van der Waals surface area contributed by atoms with Crippen LogP contribution in [0.5, 0.6) is 0 Å². The average Bonchev–Trinajstić information content (AvgIpc) is 3.11. The Morgan fingerprint density at radius 2 is 2.22 bits per heavy atom. The summed E-state index contributed by atoms with van der Waals surface area (Å²) in [7, 11) is 0. The molecule has 1 aromatic carbocycles. The minimum Gasteiger partial charge on any atom is -0.396 e. The van der Waals surface area contributed by atoms with Gasteiger partial charge in [0, 0.05) is 11.8 Å². The fourth-order valence-corrected chi connectivity index (χ4v) is 2.27. The summed E-state index contributed by atoms with van der Waals surface area (Å²) in [5.41, 5.74) is 7.98. The number of nitrogen functional groups attached to an aromatic ring is 1. The fraction of sp³-hybridized carbons (Fsp3) is 0.357. The summed E-state index contributed by atoms with van der Waals surface area (Å²) in [6, 6.07) is 6.75. The highest BCUT2D eigenvalue weighted by molar-refractivity contribution is 5.71. The van der Waals surface area contributed by atoms with E-state index in [0.29, 0.717) is 23.3 Å². The van der Waals surface area contributed by atoms with Gasteiger partial charge in [0.05, 0.1) is 11.7 Å². The van der Waals surface area contributed by atoms with E-state index in [1.165, 1.54) is 25.0 Å². The number of halogens is 1. The fourth-order valence-electron chi connectivity index (χ4n) is 2.27. The van der Waals surface area contributed by atoms with Crippen LogP contribution in [-0.4, -0.2) is 9.78 Å².